The van der Waals surface area contributed by atoms with Crippen molar-refractivity contribution in [2.24, 2.45) is 0 Å². The smallest absolute Gasteiger partial charge is 0.375 e. The van der Waals surface area contributed by atoms with E-state index < -0.39 is 81.9 Å². The van der Waals surface area contributed by atoms with Gasteiger partial charge in [0.15, 0.2) is 17.2 Å². The Morgan fingerprint density at radius 3 is 0.778 bits per heavy atom. The van der Waals surface area contributed by atoms with Crippen LogP contribution in [-0.4, -0.2) is 41.8 Å². The molecule has 3 aliphatic rings. The standard InChI is InChI=1S/C60H33F9O9S3/c61-58(62,63)79(70,71)76-55-34-16-4-1-13-31(34)25-28-43(55)46-37-19-7-10-22-40(37)49-52(46)50-41-23-11-8-20-38(41)47(44-29-26-32-14-2-5-17-35(32)56(44)77-80(72,73)59(64,65)66)54(50)51-42-24-12-9-21-39(42)48(53(49)51)45-30-27-33-15-3-6-18-36(33)57(45)78-81(74,75)60(67,68)69/h1-30,46-48H/t46-,47-,48-/m0/s1. The molecule has 81 heavy (non-hydrogen) atoms. The maximum Gasteiger partial charge on any atom is 0.534 e. The lowest BCUT2D eigenvalue weighted by Crippen LogP contribution is -2.28. The van der Waals surface area contributed by atoms with E-state index in [4.69, 9.17) is 12.5 Å². The third kappa shape index (κ3) is 7.82. The van der Waals surface area contributed by atoms with Crippen molar-refractivity contribution in [3.63, 3.8) is 0 Å². The molecule has 0 aromatic heterocycles. The first kappa shape index (κ1) is 52.0. The van der Waals surface area contributed by atoms with E-state index in [0.29, 0.717) is 50.1 Å². The van der Waals surface area contributed by atoms with Crippen molar-refractivity contribution in [2.45, 2.75) is 34.3 Å². The molecule has 0 saturated heterocycles. The van der Waals surface area contributed by atoms with E-state index in [-0.39, 0.29) is 65.7 Å². The van der Waals surface area contributed by atoms with Crippen molar-refractivity contribution >= 4 is 62.7 Å². The number of rotatable bonds is 9. The number of alkyl halides is 9. The lowest BCUT2D eigenvalue weighted by Gasteiger charge is -2.27. The van der Waals surface area contributed by atoms with E-state index in [1.165, 1.54) is 72.8 Å². The highest BCUT2D eigenvalue weighted by atomic mass is 32.2. The van der Waals surface area contributed by atoms with Crippen LogP contribution in [0.25, 0.3) is 65.7 Å². The molecular formula is C60H33F9O9S3. The summed E-state index contributed by atoms with van der Waals surface area (Å²) in [6.07, 6.45) is 0. The highest BCUT2D eigenvalue weighted by Crippen LogP contribution is 2.68. The van der Waals surface area contributed by atoms with Crippen molar-refractivity contribution < 1.29 is 77.3 Å². The first-order chi connectivity index (χ1) is 38.4. The van der Waals surface area contributed by atoms with Crippen LogP contribution in [0.1, 0.15) is 67.8 Å². The van der Waals surface area contributed by atoms with Crippen molar-refractivity contribution in [3.05, 3.63) is 232 Å². The number of hydrogen-bond acceptors (Lipinski definition) is 9. The molecule has 13 rings (SSSR count). The van der Waals surface area contributed by atoms with Crippen LogP contribution < -0.4 is 12.5 Å². The molecule has 408 valence electrons. The summed E-state index contributed by atoms with van der Waals surface area (Å²) < 4.78 is 227. The molecule has 3 aliphatic carbocycles. The van der Waals surface area contributed by atoms with Gasteiger partial charge in [-0.25, -0.2) is 0 Å². The fourth-order valence-corrected chi connectivity index (χ4v) is 13.6. The molecule has 21 heteroatoms. The monoisotopic (exact) mass is 1160 g/mol. The van der Waals surface area contributed by atoms with Crippen LogP contribution in [0.5, 0.6) is 17.2 Å². The van der Waals surface area contributed by atoms with Crippen LogP contribution in [0.15, 0.2) is 182 Å². The van der Waals surface area contributed by atoms with E-state index in [1.54, 1.807) is 109 Å². The summed E-state index contributed by atoms with van der Waals surface area (Å²) in [7, 11) is -19.3. The summed E-state index contributed by atoms with van der Waals surface area (Å²) in [5.74, 6) is -6.07. The molecule has 3 atom stereocenters. The highest BCUT2D eigenvalue weighted by molar-refractivity contribution is 7.88. The second-order valence-corrected chi connectivity index (χ2v) is 24.1. The Bertz CT molecular complexity index is 4240. The summed E-state index contributed by atoms with van der Waals surface area (Å²) >= 11 is 0. The molecule has 0 heterocycles. The van der Waals surface area contributed by atoms with Gasteiger partial charge < -0.3 is 12.5 Å². The lowest BCUT2D eigenvalue weighted by atomic mass is 9.76. The molecule has 10 aromatic carbocycles. The molecule has 0 aliphatic heterocycles. The summed E-state index contributed by atoms with van der Waals surface area (Å²) in [5.41, 5.74) is -14.1. The van der Waals surface area contributed by atoms with Gasteiger partial charge in [0.2, 0.25) is 0 Å². The third-order valence-electron chi connectivity index (χ3n) is 15.2. The van der Waals surface area contributed by atoms with E-state index in [2.05, 4.69) is 0 Å². The Hall–Kier alpha value is -8.40. The Labute approximate surface area is 454 Å². The van der Waals surface area contributed by atoms with E-state index in [1.807, 2.05) is 0 Å². The number of hydrogen-bond donors (Lipinski definition) is 0. The van der Waals surface area contributed by atoms with E-state index in [9.17, 15) is 64.8 Å². The quantitative estimate of drug-likeness (QED) is 0.0788. The largest absolute Gasteiger partial charge is 0.534 e. The molecule has 0 spiro atoms. The Morgan fingerprint density at radius 1 is 0.284 bits per heavy atom. The molecule has 0 radical (unpaired) electrons. The van der Waals surface area contributed by atoms with Crippen LogP contribution in [0, 0.1) is 0 Å². The zero-order valence-electron chi connectivity index (χ0n) is 40.9. The number of benzene rings is 10. The average molecular weight is 1170 g/mol. The van der Waals surface area contributed by atoms with Crippen LogP contribution >= 0.6 is 0 Å². The molecule has 10 aromatic rings. The maximum absolute atomic E-state index is 14.6. The minimum atomic E-state index is -6.43. The van der Waals surface area contributed by atoms with Crippen molar-refractivity contribution in [1.29, 1.82) is 0 Å². The molecule has 0 fully saturated rings. The van der Waals surface area contributed by atoms with Gasteiger partial charge in [0.05, 0.1) is 0 Å². The Balaban J connectivity index is 1.23. The van der Waals surface area contributed by atoms with Crippen molar-refractivity contribution in [1.82, 2.24) is 0 Å². The van der Waals surface area contributed by atoms with Crippen molar-refractivity contribution in [2.75, 3.05) is 0 Å². The Kier molecular flexibility index (Phi) is 11.4. The molecule has 0 bridgehead atoms. The van der Waals surface area contributed by atoms with Gasteiger partial charge in [-0.3, -0.25) is 0 Å². The van der Waals surface area contributed by atoms with Gasteiger partial charge in [-0.1, -0.05) is 182 Å². The minimum Gasteiger partial charge on any atom is -0.375 e. The van der Waals surface area contributed by atoms with Crippen LogP contribution in [0.3, 0.4) is 0 Å². The summed E-state index contributed by atoms with van der Waals surface area (Å²) in [6, 6.07) is 46.6. The highest BCUT2D eigenvalue weighted by Gasteiger charge is 2.54. The topological polar surface area (TPSA) is 130 Å². The molecule has 0 N–H and O–H groups in total. The third-order valence-corrected chi connectivity index (χ3v) is 18.1. The second kappa shape index (κ2) is 17.8. The van der Waals surface area contributed by atoms with Gasteiger partial charge in [0.1, 0.15) is 0 Å². The van der Waals surface area contributed by atoms with Crippen LogP contribution in [-0.2, 0) is 30.4 Å². The zero-order valence-corrected chi connectivity index (χ0v) is 43.3. The molecule has 0 amide bonds. The van der Waals surface area contributed by atoms with Gasteiger partial charge in [-0.05, 0) is 82.9 Å². The first-order valence-electron chi connectivity index (χ1n) is 24.5. The number of fused-ring (bicyclic) bond motifs is 15. The fraction of sp³-hybridized carbons (Fsp3) is 0.100. The molecular weight excluding hydrogens is 1130 g/mol. The predicted octanol–water partition coefficient (Wildman–Crippen LogP) is 15.3. The van der Waals surface area contributed by atoms with E-state index in [0.717, 1.165) is 0 Å². The van der Waals surface area contributed by atoms with Gasteiger partial charge in [-0.15, -0.1) is 0 Å². The Morgan fingerprint density at radius 2 is 0.519 bits per heavy atom. The minimum absolute atomic E-state index is 0.0530. The first-order valence-corrected chi connectivity index (χ1v) is 28.7. The molecule has 0 saturated carbocycles. The number of halogens is 9. The average Bonchev–Trinajstić information content (AvgIpc) is 2.80. The van der Waals surface area contributed by atoms with Crippen LogP contribution in [0.2, 0.25) is 0 Å². The lowest BCUT2D eigenvalue weighted by molar-refractivity contribution is -0.0504. The van der Waals surface area contributed by atoms with Gasteiger partial charge >= 0.3 is 46.9 Å². The van der Waals surface area contributed by atoms with Crippen LogP contribution in [0.4, 0.5) is 39.5 Å². The zero-order chi connectivity index (χ0) is 56.9. The second-order valence-electron chi connectivity index (χ2n) is 19.5. The fourth-order valence-electron chi connectivity index (χ4n) is 12.1. The normalized spacial score (nSPS) is 16.6. The molecule has 9 nitrogen and oxygen atoms in total. The predicted molar refractivity (Wildman–Crippen MR) is 284 cm³/mol. The van der Waals surface area contributed by atoms with E-state index >= 15 is 0 Å². The van der Waals surface area contributed by atoms with Gasteiger partial charge in [0.25, 0.3) is 0 Å². The summed E-state index contributed by atoms with van der Waals surface area (Å²) in [4.78, 5) is 0. The summed E-state index contributed by atoms with van der Waals surface area (Å²) in [6.45, 7) is 0. The maximum atomic E-state index is 14.6. The summed E-state index contributed by atoms with van der Waals surface area (Å²) in [5, 5.41) is 0.662. The van der Waals surface area contributed by atoms with Crippen molar-refractivity contribution in [3.8, 4) is 50.6 Å². The SMILES string of the molecule is O=S(=O)(Oc1c([C@@H]2c3ccccc3-c3c2c2c(c4c3[C@H](c3ccc5ccccc5c3OS(=O)(=O)C(F)(F)F)c3ccccc3-4)[C@H](c3ccc4ccccc4c3OS(=O)(=O)C(F)(F)F)c3ccccc3-2)ccc2ccccc12)C(F)(F)F. The van der Waals surface area contributed by atoms with Gasteiger partial charge in [-0.2, -0.15) is 64.8 Å². The molecule has 0 unspecified atom stereocenters. The van der Waals surface area contributed by atoms with Gasteiger partial charge in [0, 0.05) is 50.6 Å².